The minimum absolute atomic E-state index is 0.0224. The van der Waals surface area contributed by atoms with Gasteiger partial charge in [-0.05, 0) is 68.7 Å². The molecule has 2 aromatic rings. The maximum atomic E-state index is 13.6. The summed E-state index contributed by atoms with van der Waals surface area (Å²) >= 11 is 0. The van der Waals surface area contributed by atoms with Crippen LogP contribution in [0.25, 0.3) is 0 Å². The highest BCUT2D eigenvalue weighted by molar-refractivity contribution is 5.80. The Labute approximate surface area is 190 Å². The van der Waals surface area contributed by atoms with E-state index in [0.717, 1.165) is 69.1 Å². The number of likely N-dealkylation sites (tertiary alicyclic amines) is 1. The number of amides is 1. The minimum atomic E-state index is 0.0224. The van der Waals surface area contributed by atoms with Crippen LogP contribution in [0.15, 0.2) is 36.7 Å². The van der Waals surface area contributed by atoms with Crippen molar-refractivity contribution in [3.63, 3.8) is 0 Å². The third-order valence-electron chi connectivity index (χ3n) is 6.73. The number of hydrogen-bond acceptors (Lipinski definition) is 6. The second-order valence-electron chi connectivity index (χ2n) is 8.74. The van der Waals surface area contributed by atoms with E-state index in [1.165, 1.54) is 12.0 Å². The first-order valence-electron chi connectivity index (χ1n) is 11.7. The second-order valence-corrected chi connectivity index (χ2v) is 8.74. The Kier molecular flexibility index (Phi) is 7.45. The standard InChI is InChI=1S/C25H34N4O3/c1-31-22-12-10-19(17-23(22)32-2)9-11-21-8-3-4-16-29(21)24(30)20-7-5-15-28(18-20)25-26-13-6-14-27-25/h6,10,12-14,17,20-21H,3-5,7-9,11,15-16,18H2,1-2H3. The van der Waals surface area contributed by atoms with Gasteiger partial charge in [-0.3, -0.25) is 4.79 Å². The van der Waals surface area contributed by atoms with Crippen molar-refractivity contribution < 1.29 is 14.3 Å². The summed E-state index contributed by atoms with van der Waals surface area (Å²) in [6.45, 7) is 2.49. The normalized spacial score (nSPS) is 21.3. The van der Waals surface area contributed by atoms with Gasteiger partial charge in [0, 0.05) is 38.1 Å². The van der Waals surface area contributed by atoms with E-state index >= 15 is 0 Å². The highest BCUT2D eigenvalue weighted by Crippen LogP contribution is 2.30. The first kappa shape index (κ1) is 22.4. The Hall–Kier alpha value is -2.83. The highest BCUT2D eigenvalue weighted by Gasteiger charge is 2.34. The molecular weight excluding hydrogens is 404 g/mol. The van der Waals surface area contributed by atoms with Crippen LogP contribution in [-0.4, -0.2) is 60.7 Å². The van der Waals surface area contributed by atoms with Gasteiger partial charge in [-0.1, -0.05) is 6.07 Å². The molecule has 172 valence electrons. The lowest BCUT2D eigenvalue weighted by atomic mass is 9.91. The van der Waals surface area contributed by atoms with Crippen molar-refractivity contribution in [2.24, 2.45) is 5.92 Å². The van der Waals surface area contributed by atoms with Crippen molar-refractivity contribution in [2.75, 3.05) is 38.8 Å². The first-order chi connectivity index (χ1) is 15.7. The van der Waals surface area contributed by atoms with Crippen molar-refractivity contribution in [1.82, 2.24) is 14.9 Å². The maximum absolute atomic E-state index is 13.6. The number of carbonyl (C=O) groups excluding carboxylic acids is 1. The van der Waals surface area contributed by atoms with Crippen LogP contribution in [0.4, 0.5) is 5.95 Å². The van der Waals surface area contributed by atoms with Crippen LogP contribution < -0.4 is 14.4 Å². The number of carbonyl (C=O) groups is 1. The van der Waals surface area contributed by atoms with E-state index in [4.69, 9.17) is 9.47 Å². The number of ether oxygens (including phenoxy) is 2. The molecule has 3 heterocycles. The van der Waals surface area contributed by atoms with Gasteiger partial charge in [0.2, 0.25) is 11.9 Å². The molecule has 7 nitrogen and oxygen atoms in total. The first-order valence-corrected chi connectivity index (χ1v) is 11.7. The van der Waals surface area contributed by atoms with E-state index in [1.807, 2.05) is 18.2 Å². The zero-order valence-corrected chi connectivity index (χ0v) is 19.2. The molecule has 2 saturated heterocycles. The summed E-state index contributed by atoms with van der Waals surface area (Å²) in [5, 5.41) is 0. The van der Waals surface area contributed by atoms with Crippen LogP contribution in [-0.2, 0) is 11.2 Å². The summed E-state index contributed by atoms with van der Waals surface area (Å²) in [6.07, 6.45) is 10.7. The number of aromatic nitrogens is 2. The molecule has 1 aromatic heterocycles. The highest BCUT2D eigenvalue weighted by atomic mass is 16.5. The smallest absolute Gasteiger partial charge is 0.227 e. The number of anilines is 1. The fourth-order valence-corrected chi connectivity index (χ4v) is 5.01. The van der Waals surface area contributed by atoms with Crippen molar-refractivity contribution in [3.05, 3.63) is 42.2 Å². The van der Waals surface area contributed by atoms with Gasteiger partial charge >= 0.3 is 0 Å². The number of nitrogens with zero attached hydrogens (tertiary/aromatic N) is 4. The molecule has 0 N–H and O–H groups in total. The van der Waals surface area contributed by atoms with Crippen LogP contribution in [0.2, 0.25) is 0 Å². The van der Waals surface area contributed by atoms with Gasteiger partial charge in [-0.15, -0.1) is 0 Å². The van der Waals surface area contributed by atoms with Crippen LogP contribution >= 0.6 is 0 Å². The molecule has 1 aromatic carbocycles. The molecule has 2 atom stereocenters. The average molecular weight is 439 g/mol. The molecule has 2 aliphatic heterocycles. The molecule has 2 aliphatic rings. The van der Waals surface area contributed by atoms with E-state index in [9.17, 15) is 4.79 Å². The molecule has 0 radical (unpaired) electrons. The third kappa shape index (κ3) is 5.14. The molecule has 2 fully saturated rings. The topological polar surface area (TPSA) is 67.8 Å². The molecule has 0 aliphatic carbocycles. The molecule has 4 rings (SSSR count). The molecule has 0 bridgehead atoms. The van der Waals surface area contributed by atoms with Gasteiger partial charge in [0.25, 0.3) is 0 Å². The summed E-state index contributed by atoms with van der Waals surface area (Å²) in [4.78, 5) is 26.7. The van der Waals surface area contributed by atoms with Gasteiger partial charge in [-0.2, -0.15) is 0 Å². The lowest BCUT2D eigenvalue weighted by Crippen LogP contribution is -2.50. The molecule has 2 unspecified atom stereocenters. The zero-order chi connectivity index (χ0) is 22.3. The predicted molar refractivity (Wildman–Crippen MR) is 124 cm³/mol. The monoisotopic (exact) mass is 438 g/mol. The zero-order valence-electron chi connectivity index (χ0n) is 19.2. The van der Waals surface area contributed by atoms with Crippen molar-refractivity contribution in [3.8, 4) is 11.5 Å². The van der Waals surface area contributed by atoms with Gasteiger partial charge in [0.15, 0.2) is 11.5 Å². The molecule has 0 saturated carbocycles. The lowest BCUT2D eigenvalue weighted by Gasteiger charge is -2.40. The van der Waals surface area contributed by atoms with E-state index < -0.39 is 0 Å². The molecule has 7 heteroatoms. The number of hydrogen-bond donors (Lipinski definition) is 0. The number of rotatable bonds is 7. The quantitative estimate of drug-likeness (QED) is 0.656. The Bertz CT molecular complexity index is 892. The number of piperidine rings is 2. The van der Waals surface area contributed by atoms with Crippen LogP contribution in [0, 0.1) is 5.92 Å². The number of aryl methyl sites for hydroxylation is 1. The Balaban J connectivity index is 1.40. The van der Waals surface area contributed by atoms with Gasteiger partial charge < -0.3 is 19.3 Å². The number of benzene rings is 1. The fraction of sp³-hybridized carbons (Fsp3) is 0.560. The Morgan fingerprint density at radius 3 is 2.62 bits per heavy atom. The largest absolute Gasteiger partial charge is 0.493 e. The SMILES string of the molecule is COc1ccc(CCC2CCCCN2C(=O)C2CCCN(c3ncccn3)C2)cc1OC. The molecular formula is C25H34N4O3. The number of methoxy groups -OCH3 is 2. The average Bonchev–Trinajstić information content (AvgIpc) is 2.87. The summed E-state index contributed by atoms with van der Waals surface area (Å²) in [5.41, 5.74) is 1.21. The van der Waals surface area contributed by atoms with Crippen LogP contribution in [0.5, 0.6) is 11.5 Å². The summed E-state index contributed by atoms with van der Waals surface area (Å²) in [6, 6.07) is 8.22. The van der Waals surface area contributed by atoms with E-state index in [1.54, 1.807) is 26.6 Å². The van der Waals surface area contributed by atoms with Crippen molar-refractivity contribution in [2.45, 2.75) is 51.0 Å². The fourth-order valence-electron chi connectivity index (χ4n) is 5.01. The molecule has 32 heavy (non-hydrogen) atoms. The minimum Gasteiger partial charge on any atom is -0.493 e. The summed E-state index contributed by atoms with van der Waals surface area (Å²) in [5.74, 6) is 2.56. The molecule has 0 spiro atoms. The lowest BCUT2D eigenvalue weighted by molar-refractivity contribution is -0.139. The van der Waals surface area contributed by atoms with Gasteiger partial charge in [-0.25, -0.2) is 9.97 Å². The summed E-state index contributed by atoms with van der Waals surface area (Å²) < 4.78 is 10.8. The summed E-state index contributed by atoms with van der Waals surface area (Å²) in [7, 11) is 3.32. The van der Waals surface area contributed by atoms with E-state index in [0.29, 0.717) is 18.5 Å². The van der Waals surface area contributed by atoms with Crippen molar-refractivity contribution >= 4 is 11.9 Å². The Morgan fingerprint density at radius 2 is 1.84 bits per heavy atom. The Morgan fingerprint density at radius 1 is 1.03 bits per heavy atom. The third-order valence-corrected chi connectivity index (χ3v) is 6.73. The van der Waals surface area contributed by atoms with Gasteiger partial charge in [0.1, 0.15) is 0 Å². The maximum Gasteiger partial charge on any atom is 0.227 e. The second kappa shape index (κ2) is 10.7. The predicted octanol–water partition coefficient (Wildman–Crippen LogP) is 3.72. The van der Waals surface area contributed by atoms with E-state index in [-0.39, 0.29) is 5.92 Å². The molecule has 1 amide bonds. The van der Waals surface area contributed by atoms with Gasteiger partial charge in [0.05, 0.1) is 20.1 Å². The van der Waals surface area contributed by atoms with Crippen LogP contribution in [0.3, 0.4) is 0 Å². The van der Waals surface area contributed by atoms with Crippen molar-refractivity contribution in [1.29, 1.82) is 0 Å². The van der Waals surface area contributed by atoms with E-state index in [2.05, 4.69) is 25.8 Å². The van der Waals surface area contributed by atoms with Crippen LogP contribution in [0.1, 0.15) is 44.1 Å².